The van der Waals surface area contributed by atoms with Gasteiger partial charge in [-0.05, 0) is 27.6 Å². The summed E-state index contributed by atoms with van der Waals surface area (Å²) in [5, 5.41) is 2.52. The maximum absolute atomic E-state index is 14.4. The molecular weight excluding hydrogens is 316 g/mol. The van der Waals surface area contributed by atoms with E-state index in [4.69, 9.17) is 0 Å². The third-order valence-corrected chi connectivity index (χ3v) is 4.13. The zero-order valence-corrected chi connectivity index (χ0v) is 12.3. The molecule has 0 unspecified atom stereocenters. The lowest BCUT2D eigenvalue weighted by atomic mass is 9.91. The predicted molar refractivity (Wildman–Crippen MR) is 86.7 cm³/mol. The van der Waals surface area contributed by atoms with Gasteiger partial charge < -0.3 is 0 Å². The minimum atomic E-state index is -1.42. The molecule has 0 radical (unpaired) electrons. The molecule has 0 amide bonds. The molecule has 4 aromatic carbocycles. The second-order valence-electron chi connectivity index (χ2n) is 5.54. The molecule has 0 fully saturated rings. The predicted octanol–water partition coefficient (Wildman–Crippen LogP) is 6.22. The summed E-state index contributed by atoms with van der Waals surface area (Å²) in [6, 6.07) is 16.0. The van der Waals surface area contributed by atoms with Gasteiger partial charge in [0.25, 0.3) is 0 Å². The summed E-state index contributed by atoms with van der Waals surface area (Å²) in [4.78, 5) is 0. The molecule has 24 heavy (non-hydrogen) atoms. The van der Waals surface area contributed by atoms with E-state index in [1.807, 2.05) is 6.07 Å². The highest BCUT2D eigenvalue weighted by Gasteiger charge is 2.23. The van der Waals surface area contributed by atoms with Crippen LogP contribution in [0.25, 0.3) is 32.7 Å². The summed E-state index contributed by atoms with van der Waals surface area (Å²) in [7, 11) is 0. The molecule has 0 saturated heterocycles. The SMILES string of the molecule is Fc1cc(F)c(F)c(-c2c3ccccc3cc3ccccc23)c1F. The third-order valence-electron chi connectivity index (χ3n) is 4.13. The quantitative estimate of drug-likeness (QED) is 0.221. The first-order chi connectivity index (χ1) is 11.6. The number of hydrogen-bond acceptors (Lipinski definition) is 0. The molecule has 4 rings (SSSR count). The van der Waals surface area contributed by atoms with Crippen molar-refractivity contribution < 1.29 is 17.6 Å². The van der Waals surface area contributed by atoms with Gasteiger partial charge in [-0.15, -0.1) is 0 Å². The molecule has 4 heteroatoms. The monoisotopic (exact) mass is 326 g/mol. The van der Waals surface area contributed by atoms with Gasteiger partial charge >= 0.3 is 0 Å². The van der Waals surface area contributed by atoms with E-state index in [1.54, 1.807) is 48.5 Å². The van der Waals surface area contributed by atoms with E-state index in [-0.39, 0.29) is 11.6 Å². The molecule has 0 heterocycles. The van der Waals surface area contributed by atoms with Crippen molar-refractivity contribution in [2.24, 2.45) is 0 Å². The summed E-state index contributed by atoms with van der Waals surface area (Å²) in [6.07, 6.45) is 0. The Labute approximate surface area is 135 Å². The van der Waals surface area contributed by atoms with Gasteiger partial charge in [0.05, 0.1) is 5.56 Å². The van der Waals surface area contributed by atoms with Crippen LogP contribution in [0.3, 0.4) is 0 Å². The maximum Gasteiger partial charge on any atom is 0.169 e. The molecule has 0 N–H and O–H groups in total. The topological polar surface area (TPSA) is 0 Å². The lowest BCUT2D eigenvalue weighted by Crippen LogP contribution is -2.00. The third kappa shape index (κ3) is 2.07. The molecule has 4 aromatic rings. The van der Waals surface area contributed by atoms with E-state index in [0.717, 1.165) is 10.8 Å². The van der Waals surface area contributed by atoms with Crippen LogP contribution in [0.2, 0.25) is 0 Å². The normalized spacial score (nSPS) is 11.3. The van der Waals surface area contributed by atoms with E-state index in [1.165, 1.54) is 0 Å². The Morgan fingerprint density at radius 1 is 0.500 bits per heavy atom. The second kappa shape index (κ2) is 5.34. The summed E-state index contributed by atoms with van der Waals surface area (Å²) in [5.41, 5.74) is -0.530. The molecule has 0 saturated carbocycles. The standard InChI is InChI=1S/C20H10F4/c21-15-10-16(22)20(24)18(19(15)23)17-13-7-3-1-5-11(13)9-12-6-2-4-8-14(12)17/h1-10H. The molecule has 0 bridgehead atoms. The van der Waals surface area contributed by atoms with Crippen molar-refractivity contribution in [2.45, 2.75) is 0 Å². The second-order valence-corrected chi connectivity index (χ2v) is 5.54. The summed E-state index contributed by atoms with van der Waals surface area (Å²) < 4.78 is 56.3. The summed E-state index contributed by atoms with van der Waals surface area (Å²) in [6.45, 7) is 0. The van der Waals surface area contributed by atoms with Crippen LogP contribution >= 0.6 is 0 Å². The molecule has 0 spiro atoms. The van der Waals surface area contributed by atoms with Gasteiger partial charge in [-0.2, -0.15) is 0 Å². The minimum Gasteiger partial charge on any atom is -0.204 e. The maximum atomic E-state index is 14.4. The Kier molecular flexibility index (Phi) is 3.27. The van der Waals surface area contributed by atoms with Crippen LogP contribution in [0.15, 0.2) is 60.7 Å². The fraction of sp³-hybridized carbons (Fsp3) is 0. The molecule has 0 aliphatic heterocycles. The first-order valence-corrected chi connectivity index (χ1v) is 7.32. The number of benzene rings is 4. The molecule has 0 nitrogen and oxygen atoms in total. The molecule has 0 aromatic heterocycles. The number of fused-ring (bicyclic) bond motifs is 2. The fourth-order valence-electron chi connectivity index (χ4n) is 3.08. The first-order valence-electron chi connectivity index (χ1n) is 7.32. The summed E-state index contributed by atoms with van der Waals surface area (Å²) in [5.74, 6) is -5.62. The van der Waals surface area contributed by atoms with Gasteiger partial charge in [0.15, 0.2) is 23.3 Å². The molecule has 0 aliphatic rings. The highest BCUT2D eigenvalue weighted by atomic mass is 19.2. The van der Waals surface area contributed by atoms with Crippen molar-refractivity contribution in [3.63, 3.8) is 0 Å². The highest BCUT2D eigenvalue weighted by molar-refractivity contribution is 6.12. The Balaban J connectivity index is 2.28. The number of hydrogen-bond donors (Lipinski definition) is 0. The van der Waals surface area contributed by atoms with Crippen LogP contribution in [-0.4, -0.2) is 0 Å². The average Bonchev–Trinajstić information content (AvgIpc) is 2.59. The van der Waals surface area contributed by atoms with Gasteiger partial charge in [-0.3, -0.25) is 0 Å². The van der Waals surface area contributed by atoms with E-state index >= 15 is 0 Å². The van der Waals surface area contributed by atoms with Crippen molar-refractivity contribution in [3.8, 4) is 11.1 Å². The zero-order valence-electron chi connectivity index (χ0n) is 12.3. The van der Waals surface area contributed by atoms with Gasteiger partial charge in [-0.25, -0.2) is 17.6 Å². The largest absolute Gasteiger partial charge is 0.204 e. The smallest absolute Gasteiger partial charge is 0.169 e. The average molecular weight is 326 g/mol. The molecular formula is C20H10F4. The van der Waals surface area contributed by atoms with Gasteiger partial charge in [0, 0.05) is 11.6 Å². The first kappa shape index (κ1) is 14.7. The molecule has 0 aliphatic carbocycles. The molecule has 0 atom stereocenters. The van der Waals surface area contributed by atoms with Crippen LogP contribution in [0.5, 0.6) is 0 Å². The van der Waals surface area contributed by atoms with Crippen molar-refractivity contribution in [3.05, 3.63) is 83.9 Å². The Morgan fingerprint density at radius 3 is 1.46 bits per heavy atom. The number of halogens is 4. The van der Waals surface area contributed by atoms with Gasteiger partial charge in [0.2, 0.25) is 0 Å². The van der Waals surface area contributed by atoms with Gasteiger partial charge in [0.1, 0.15) is 0 Å². The van der Waals surface area contributed by atoms with E-state index in [9.17, 15) is 17.6 Å². The van der Waals surface area contributed by atoms with Crippen LogP contribution in [0, 0.1) is 23.3 Å². The minimum absolute atomic E-state index is 0.150. The Bertz CT molecular complexity index is 1020. The van der Waals surface area contributed by atoms with Crippen molar-refractivity contribution in [2.75, 3.05) is 0 Å². The molecule has 118 valence electrons. The fourth-order valence-corrected chi connectivity index (χ4v) is 3.08. The van der Waals surface area contributed by atoms with E-state index < -0.39 is 28.8 Å². The van der Waals surface area contributed by atoms with E-state index in [2.05, 4.69) is 0 Å². The van der Waals surface area contributed by atoms with Crippen LogP contribution < -0.4 is 0 Å². The highest BCUT2D eigenvalue weighted by Crippen LogP contribution is 2.39. The lowest BCUT2D eigenvalue weighted by Gasteiger charge is -2.14. The number of rotatable bonds is 1. The van der Waals surface area contributed by atoms with Crippen molar-refractivity contribution in [1.82, 2.24) is 0 Å². The lowest BCUT2D eigenvalue weighted by molar-refractivity contribution is 0.458. The van der Waals surface area contributed by atoms with Gasteiger partial charge in [-0.1, -0.05) is 48.5 Å². The van der Waals surface area contributed by atoms with E-state index in [0.29, 0.717) is 10.8 Å². The summed E-state index contributed by atoms with van der Waals surface area (Å²) >= 11 is 0. The Hall–Kier alpha value is -2.88. The Morgan fingerprint density at radius 2 is 0.958 bits per heavy atom. The van der Waals surface area contributed by atoms with Crippen molar-refractivity contribution in [1.29, 1.82) is 0 Å². The van der Waals surface area contributed by atoms with Crippen LogP contribution in [-0.2, 0) is 0 Å². The zero-order chi connectivity index (χ0) is 16.8. The van der Waals surface area contributed by atoms with Crippen molar-refractivity contribution >= 4 is 21.5 Å². The van der Waals surface area contributed by atoms with Crippen LogP contribution in [0.1, 0.15) is 0 Å². The van der Waals surface area contributed by atoms with Crippen LogP contribution in [0.4, 0.5) is 17.6 Å².